The lowest BCUT2D eigenvalue weighted by atomic mass is 10.0. The standard InChI is InChI=1S/C23H14BrClN2O4S/c1-11-8-9-15(31-11)20(28)17-19(12-4-2-5-13(24)10-12)27(22(30)21(17)29)23-26-18-14(25)6-3-7-16(18)32-23/h2-10,29-30H,1H3. The second-order valence-electron chi connectivity index (χ2n) is 7.06. The predicted molar refractivity (Wildman–Crippen MR) is 127 cm³/mol. The van der Waals surface area contributed by atoms with E-state index in [9.17, 15) is 15.0 Å². The van der Waals surface area contributed by atoms with E-state index in [4.69, 9.17) is 16.0 Å². The van der Waals surface area contributed by atoms with Crippen molar-refractivity contribution in [3.63, 3.8) is 0 Å². The van der Waals surface area contributed by atoms with Gasteiger partial charge in [-0.3, -0.25) is 9.36 Å². The molecule has 0 saturated heterocycles. The number of ketones is 1. The van der Waals surface area contributed by atoms with Crippen LogP contribution in [0.2, 0.25) is 5.02 Å². The van der Waals surface area contributed by atoms with Crippen LogP contribution < -0.4 is 0 Å². The number of aryl methyl sites for hydroxylation is 1. The highest BCUT2D eigenvalue weighted by Gasteiger charge is 2.32. The first kappa shape index (κ1) is 20.8. The Labute approximate surface area is 199 Å². The first-order valence-corrected chi connectivity index (χ1v) is 11.4. The summed E-state index contributed by atoms with van der Waals surface area (Å²) in [6.07, 6.45) is 0. The SMILES string of the molecule is Cc1ccc(C(=O)c2c(O)c(O)n(-c3nc4c(Cl)cccc4s3)c2-c2cccc(Br)c2)o1. The fourth-order valence-corrected chi connectivity index (χ4v) is 5.21. The molecule has 5 rings (SSSR count). The Balaban J connectivity index is 1.84. The molecular formula is C23H14BrClN2O4S. The zero-order chi connectivity index (χ0) is 22.6. The van der Waals surface area contributed by atoms with Crippen LogP contribution in [0.15, 0.2) is 63.5 Å². The number of halogens is 2. The molecule has 0 atom stereocenters. The Kier molecular flexibility index (Phi) is 5.08. The first-order chi connectivity index (χ1) is 15.3. The second-order valence-corrected chi connectivity index (χ2v) is 9.40. The topological polar surface area (TPSA) is 88.5 Å². The molecule has 9 heteroatoms. The molecule has 0 spiro atoms. The quantitative estimate of drug-likeness (QED) is 0.253. The van der Waals surface area contributed by atoms with Crippen molar-refractivity contribution in [3.05, 3.63) is 81.2 Å². The molecule has 0 aliphatic rings. The number of hydrogen-bond acceptors (Lipinski definition) is 6. The van der Waals surface area contributed by atoms with Crippen LogP contribution in [-0.2, 0) is 0 Å². The number of thiazole rings is 1. The number of carbonyl (C=O) groups is 1. The number of furan rings is 1. The van der Waals surface area contributed by atoms with Crippen LogP contribution >= 0.6 is 38.9 Å². The third-order valence-corrected chi connectivity index (χ3v) is 6.76. The minimum Gasteiger partial charge on any atom is -0.503 e. The molecule has 0 fully saturated rings. The van der Waals surface area contributed by atoms with E-state index >= 15 is 0 Å². The highest BCUT2D eigenvalue weighted by atomic mass is 79.9. The summed E-state index contributed by atoms with van der Waals surface area (Å²) in [5.74, 6) is -0.996. The number of nitrogens with zero attached hydrogens (tertiary/aromatic N) is 2. The highest BCUT2D eigenvalue weighted by Crippen LogP contribution is 2.46. The van der Waals surface area contributed by atoms with Crippen molar-refractivity contribution in [3.8, 4) is 28.0 Å². The maximum atomic E-state index is 13.4. The third kappa shape index (κ3) is 3.31. The molecule has 5 aromatic rings. The summed E-state index contributed by atoms with van der Waals surface area (Å²) in [6, 6.07) is 15.8. The summed E-state index contributed by atoms with van der Waals surface area (Å²) in [6.45, 7) is 1.72. The minimum atomic E-state index is -0.557. The van der Waals surface area contributed by atoms with Crippen LogP contribution in [0.3, 0.4) is 0 Å². The van der Waals surface area contributed by atoms with Crippen molar-refractivity contribution in [2.75, 3.05) is 0 Å². The van der Waals surface area contributed by atoms with Gasteiger partial charge >= 0.3 is 0 Å². The van der Waals surface area contributed by atoms with Crippen molar-refractivity contribution >= 4 is 54.9 Å². The summed E-state index contributed by atoms with van der Waals surface area (Å²) in [5.41, 5.74) is 1.36. The number of benzene rings is 2. The van der Waals surface area contributed by atoms with Gasteiger partial charge in [0, 0.05) is 10.0 Å². The molecular weight excluding hydrogens is 516 g/mol. The Morgan fingerprint density at radius 2 is 1.94 bits per heavy atom. The normalized spacial score (nSPS) is 11.3. The minimum absolute atomic E-state index is 0.0542. The number of rotatable bonds is 4. The van der Waals surface area contributed by atoms with Crippen LogP contribution in [-0.4, -0.2) is 25.5 Å². The zero-order valence-electron chi connectivity index (χ0n) is 16.5. The molecule has 3 aromatic heterocycles. The molecule has 0 amide bonds. The molecule has 6 nitrogen and oxygen atoms in total. The van der Waals surface area contributed by atoms with Crippen LogP contribution in [0.5, 0.6) is 11.6 Å². The van der Waals surface area contributed by atoms with Gasteiger partial charge in [0.05, 0.1) is 21.0 Å². The molecule has 2 N–H and O–H groups in total. The lowest BCUT2D eigenvalue weighted by Crippen LogP contribution is -2.04. The summed E-state index contributed by atoms with van der Waals surface area (Å²) in [4.78, 5) is 17.9. The van der Waals surface area contributed by atoms with Crippen LogP contribution in [0.25, 0.3) is 26.6 Å². The van der Waals surface area contributed by atoms with E-state index in [0.717, 1.165) is 9.17 Å². The van der Waals surface area contributed by atoms with E-state index in [2.05, 4.69) is 20.9 Å². The van der Waals surface area contributed by atoms with E-state index in [1.807, 2.05) is 18.2 Å². The zero-order valence-corrected chi connectivity index (χ0v) is 19.6. The van der Waals surface area contributed by atoms with Gasteiger partial charge < -0.3 is 14.6 Å². The lowest BCUT2D eigenvalue weighted by molar-refractivity contribution is 0.101. The van der Waals surface area contributed by atoms with Gasteiger partial charge in [-0.15, -0.1) is 0 Å². The summed E-state index contributed by atoms with van der Waals surface area (Å²) in [5, 5.41) is 22.6. The average molecular weight is 530 g/mol. The van der Waals surface area contributed by atoms with Gasteiger partial charge in [-0.05, 0) is 43.3 Å². The molecule has 0 saturated carbocycles. The van der Waals surface area contributed by atoms with Crippen molar-refractivity contribution in [1.82, 2.24) is 9.55 Å². The van der Waals surface area contributed by atoms with Gasteiger partial charge in [0.2, 0.25) is 11.7 Å². The molecule has 0 bridgehead atoms. The van der Waals surface area contributed by atoms with E-state index in [1.165, 1.54) is 22.0 Å². The molecule has 0 aliphatic heterocycles. The van der Waals surface area contributed by atoms with Gasteiger partial charge in [0.15, 0.2) is 16.6 Å². The molecule has 32 heavy (non-hydrogen) atoms. The molecule has 0 radical (unpaired) electrons. The number of aromatic nitrogens is 2. The maximum absolute atomic E-state index is 13.4. The Bertz CT molecular complexity index is 1520. The van der Waals surface area contributed by atoms with Crippen LogP contribution in [0, 0.1) is 6.92 Å². The van der Waals surface area contributed by atoms with Crippen molar-refractivity contribution in [2.24, 2.45) is 0 Å². The molecule has 0 aliphatic carbocycles. The predicted octanol–water partition coefficient (Wildman–Crippen LogP) is 6.71. The maximum Gasteiger partial charge on any atom is 0.242 e. The summed E-state index contributed by atoms with van der Waals surface area (Å²) in [7, 11) is 0. The second kappa shape index (κ2) is 7.81. The highest BCUT2D eigenvalue weighted by molar-refractivity contribution is 9.10. The number of para-hydroxylation sites is 1. The molecule has 2 aromatic carbocycles. The van der Waals surface area contributed by atoms with E-state index in [-0.39, 0.29) is 17.0 Å². The van der Waals surface area contributed by atoms with E-state index in [1.54, 1.807) is 37.3 Å². The van der Waals surface area contributed by atoms with Gasteiger partial charge in [-0.1, -0.05) is 57.1 Å². The fraction of sp³-hybridized carbons (Fsp3) is 0.0435. The van der Waals surface area contributed by atoms with Gasteiger partial charge in [-0.2, -0.15) is 0 Å². The monoisotopic (exact) mass is 528 g/mol. The lowest BCUT2D eigenvalue weighted by Gasteiger charge is -2.09. The smallest absolute Gasteiger partial charge is 0.242 e. The van der Waals surface area contributed by atoms with Gasteiger partial charge in [0.1, 0.15) is 11.3 Å². The van der Waals surface area contributed by atoms with E-state index < -0.39 is 17.4 Å². The van der Waals surface area contributed by atoms with E-state index in [0.29, 0.717) is 27.0 Å². The largest absolute Gasteiger partial charge is 0.503 e. The number of fused-ring (bicyclic) bond motifs is 1. The Morgan fingerprint density at radius 3 is 2.62 bits per heavy atom. The Morgan fingerprint density at radius 1 is 1.16 bits per heavy atom. The number of hydrogen-bond donors (Lipinski definition) is 2. The number of carbonyl (C=O) groups excluding carboxylic acids is 1. The fourth-order valence-electron chi connectivity index (χ4n) is 3.54. The number of aromatic hydroxyl groups is 2. The average Bonchev–Trinajstić information content (AvgIpc) is 3.45. The molecule has 0 unspecified atom stereocenters. The van der Waals surface area contributed by atoms with Gasteiger partial charge in [-0.25, -0.2) is 4.98 Å². The summed E-state index contributed by atoms with van der Waals surface area (Å²) < 4.78 is 8.42. The van der Waals surface area contributed by atoms with Gasteiger partial charge in [0.25, 0.3) is 0 Å². The van der Waals surface area contributed by atoms with Crippen LogP contribution in [0.1, 0.15) is 21.9 Å². The van der Waals surface area contributed by atoms with Crippen LogP contribution in [0.4, 0.5) is 0 Å². The molecule has 3 heterocycles. The summed E-state index contributed by atoms with van der Waals surface area (Å²) >= 11 is 11.0. The third-order valence-electron chi connectivity index (χ3n) is 4.96. The van der Waals surface area contributed by atoms with Crippen molar-refractivity contribution in [1.29, 1.82) is 0 Å². The van der Waals surface area contributed by atoms with Crippen molar-refractivity contribution < 1.29 is 19.4 Å². The van der Waals surface area contributed by atoms with Crippen molar-refractivity contribution in [2.45, 2.75) is 6.92 Å². The first-order valence-electron chi connectivity index (χ1n) is 9.44. The Hall–Kier alpha value is -3.07. The molecule has 160 valence electrons.